The van der Waals surface area contributed by atoms with Crippen molar-refractivity contribution in [2.75, 3.05) is 0 Å². The lowest BCUT2D eigenvalue weighted by atomic mass is 10.1. The number of aryl methyl sites for hydroxylation is 9. The van der Waals surface area contributed by atoms with Gasteiger partial charge in [0.1, 0.15) is 40.0 Å². The van der Waals surface area contributed by atoms with Crippen LogP contribution in [0.2, 0.25) is 0 Å². The van der Waals surface area contributed by atoms with Gasteiger partial charge in [0.2, 0.25) is 11.8 Å². The van der Waals surface area contributed by atoms with Crippen molar-refractivity contribution >= 4 is 45.8 Å². The summed E-state index contributed by atoms with van der Waals surface area (Å²) in [6.45, 7) is 17.1. The Kier molecular flexibility index (Phi) is 31.1. The monoisotopic (exact) mass is 1790 g/mol. The van der Waals surface area contributed by atoms with Crippen LogP contribution < -0.4 is 9.47 Å². The minimum atomic E-state index is -0.503. The molecule has 10 aromatic heterocycles. The maximum atomic E-state index is 12.2. The quantitative estimate of drug-likeness (QED) is 0.0400. The van der Waals surface area contributed by atoms with Gasteiger partial charge < -0.3 is 55.8 Å². The Morgan fingerprint density at radius 1 is 0.287 bits per heavy atom. The first kappa shape index (κ1) is 90.5. The normalized spacial score (nSPS) is 10.6. The smallest absolute Gasteiger partial charge is 0.340 e. The summed E-state index contributed by atoms with van der Waals surface area (Å²) in [6, 6.07) is 85.5. The maximum Gasteiger partial charge on any atom is 0.340 e. The number of para-hydroxylation sites is 2. The standard InChI is InChI=1S/C23H18N2O4.C22H16N2O4.2C19H18N2O3.C18H15BrN2O3/c1-16-7-9-17(10-8-16)21-13-20(29-25-21)15-27-23(26)18-11-12-22(24-14-18)28-19-5-3-2-4-6-19;25-22(17-11-12-21(23-14-17)27-18-9-5-2-6-10-18)26-15-19-13-20(24-28-19)16-7-3-1-4-8-16;1-12-4-7-15(8-5-12)18-10-16(24-21-18)11-23-19(22)17-9-6-13(2)20-14(17)3;1-12-5-4-6-15(9-12)18-10-16(24-21-18)11-23-19(22)17-8-7-13(2)20-14(17)3;1-11-7-8-14(12(2)20-11)18(22)23-10-13-9-17(21-24-13)15-5-3-4-6-16(15)19/h2-14H,15H2,1H3;1-14H,15H2;2*4-10H,11H2,1-3H3;3-9H,10H2,1-2H3. The second kappa shape index (κ2) is 44.4. The fourth-order valence-corrected chi connectivity index (χ4v) is 12.7. The van der Waals surface area contributed by atoms with Crippen molar-refractivity contribution in [1.29, 1.82) is 0 Å². The summed E-state index contributed by atoms with van der Waals surface area (Å²) in [7, 11) is 0. The summed E-state index contributed by atoms with van der Waals surface area (Å²) in [4.78, 5) is 81.9. The average molecular weight is 1790 g/mol. The zero-order valence-corrected chi connectivity index (χ0v) is 73.1. The van der Waals surface area contributed by atoms with Crippen LogP contribution in [0.15, 0.2) is 319 Å². The molecule has 0 radical (unpaired) electrons. The number of carbonyl (C=O) groups is 5. The van der Waals surface area contributed by atoms with Gasteiger partial charge in [-0.15, -0.1) is 0 Å². The second-order valence-corrected chi connectivity index (χ2v) is 29.9. The molecule has 0 aliphatic heterocycles. The number of aromatic nitrogens is 10. The van der Waals surface area contributed by atoms with Crippen LogP contribution in [0.4, 0.5) is 0 Å². The van der Waals surface area contributed by atoms with Crippen LogP contribution in [0, 0.1) is 62.3 Å². The van der Waals surface area contributed by atoms with E-state index in [4.69, 9.17) is 55.8 Å². The number of hydrogen-bond donors (Lipinski definition) is 0. The van der Waals surface area contributed by atoms with Crippen molar-refractivity contribution in [3.05, 3.63) is 403 Å². The molecule has 0 fully saturated rings. The summed E-state index contributed by atoms with van der Waals surface area (Å²) in [5.74, 6) is 2.25. The number of nitrogens with zero attached hydrogens (tertiary/aromatic N) is 10. The number of rotatable bonds is 24. The van der Waals surface area contributed by atoms with Crippen molar-refractivity contribution in [3.63, 3.8) is 0 Å². The minimum absolute atomic E-state index is 0.0130. The van der Waals surface area contributed by atoms with Crippen molar-refractivity contribution in [2.45, 2.75) is 95.3 Å². The van der Waals surface area contributed by atoms with Crippen LogP contribution in [-0.2, 0) is 56.7 Å². The van der Waals surface area contributed by atoms with E-state index in [0.29, 0.717) is 120 Å². The van der Waals surface area contributed by atoms with E-state index >= 15 is 0 Å². The van der Waals surface area contributed by atoms with Crippen LogP contribution in [0.5, 0.6) is 23.3 Å². The molecular formula is C101H85BrN10O17. The van der Waals surface area contributed by atoms with E-state index in [1.54, 1.807) is 112 Å². The lowest BCUT2D eigenvalue weighted by molar-refractivity contribution is 0.0428. The molecule has 0 saturated heterocycles. The molecule has 10 heterocycles. The topological polar surface area (TPSA) is 345 Å². The maximum absolute atomic E-state index is 12.2. The minimum Gasteiger partial charge on any atom is -0.454 e. The van der Waals surface area contributed by atoms with E-state index in [1.165, 1.54) is 23.5 Å². The number of hydrogen-bond acceptors (Lipinski definition) is 27. The lowest BCUT2D eigenvalue weighted by Gasteiger charge is -2.05. The van der Waals surface area contributed by atoms with Gasteiger partial charge in [0.05, 0.1) is 44.9 Å². The number of halogens is 1. The van der Waals surface area contributed by atoms with E-state index in [2.05, 4.69) is 66.6 Å². The molecule has 0 N–H and O–H groups in total. The van der Waals surface area contributed by atoms with Gasteiger partial charge in [-0.3, -0.25) is 15.0 Å². The molecule has 28 heteroatoms. The van der Waals surface area contributed by atoms with E-state index in [9.17, 15) is 24.0 Å². The van der Waals surface area contributed by atoms with Crippen LogP contribution in [-0.4, -0.2) is 80.5 Å². The first-order valence-electron chi connectivity index (χ1n) is 40.4. The zero-order valence-electron chi connectivity index (χ0n) is 71.5. The third kappa shape index (κ3) is 26.4. The van der Waals surface area contributed by atoms with Gasteiger partial charge in [-0.25, -0.2) is 33.9 Å². The van der Waals surface area contributed by atoms with Crippen molar-refractivity contribution < 1.29 is 79.7 Å². The summed E-state index contributed by atoms with van der Waals surface area (Å²) in [6.07, 6.45) is 2.83. The van der Waals surface area contributed by atoms with Crippen LogP contribution in [0.25, 0.3) is 56.3 Å². The molecule has 0 amide bonds. The molecule has 0 aliphatic carbocycles. The molecule has 17 rings (SSSR count). The molecule has 27 nitrogen and oxygen atoms in total. The highest BCUT2D eigenvalue weighted by Gasteiger charge is 2.21. The summed E-state index contributed by atoms with van der Waals surface area (Å²) in [5.41, 5.74) is 18.2. The number of benzene rings is 7. The van der Waals surface area contributed by atoms with E-state index in [-0.39, 0.29) is 33.0 Å². The predicted octanol–water partition coefficient (Wildman–Crippen LogP) is 22.6. The summed E-state index contributed by atoms with van der Waals surface area (Å²) < 4.78 is 64.8. The molecule has 129 heavy (non-hydrogen) atoms. The van der Waals surface area contributed by atoms with E-state index in [0.717, 1.165) is 60.6 Å². The first-order valence-corrected chi connectivity index (χ1v) is 41.2. The molecule has 0 unspecified atom stereocenters. The molecule has 0 saturated carbocycles. The van der Waals surface area contributed by atoms with E-state index < -0.39 is 29.8 Å². The van der Waals surface area contributed by atoms with Gasteiger partial charge in [-0.05, 0) is 147 Å². The summed E-state index contributed by atoms with van der Waals surface area (Å²) in [5, 5.41) is 20.1. The first-order chi connectivity index (χ1) is 62.5. The van der Waals surface area contributed by atoms with E-state index in [1.807, 2.05) is 230 Å². The molecule has 0 aliphatic rings. The van der Waals surface area contributed by atoms with Crippen LogP contribution in [0.1, 0.15) is 131 Å². The SMILES string of the molecule is Cc1ccc(-c2cc(COC(=O)c3ccc(C)nc3C)on2)cc1.Cc1ccc(-c2cc(COC(=O)c3ccc(Oc4ccccc4)nc3)on2)cc1.Cc1ccc(C(=O)OCc2cc(-c3ccccc3Br)no2)c(C)n1.Cc1cccc(-c2cc(COC(=O)c3ccc(C)nc3C)on2)c1.O=C(OCc1cc(-c2ccccc2)no1)c1ccc(Oc2ccccc2)nc1. The number of carbonyl (C=O) groups excluding carboxylic acids is 5. The van der Waals surface area contributed by atoms with Crippen molar-refractivity contribution in [3.8, 4) is 79.5 Å². The molecule has 17 aromatic rings. The van der Waals surface area contributed by atoms with Crippen molar-refractivity contribution in [1.82, 2.24) is 50.7 Å². The van der Waals surface area contributed by atoms with Crippen LogP contribution >= 0.6 is 15.9 Å². The number of ether oxygens (including phenoxy) is 7. The molecule has 0 atom stereocenters. The average Bonchev–Trinajstić information content (AvgIpc) is 1.62. The Morgan fingerprint density at radius 2 is 0.605 bits per heavy atom. The molecule has 7 aromatic carbocycles. The fraction of sp³-hybridized carbons (Fsp3) is 0.139. The van der Waals surface area contributed by atoms with Gasteiger partial charge in [0.25, 0.3) is 0 Å². The Labute approximate surface area is 750 Å². The Hall–Kier alpha value is -16.2. The highest BCUT2D eigenvalue weighted by Crippen LogP contribution is 2.31. The van der Waals surface area contributed by atoms with Gasteiger partial charge in [-0.1, -0.05) is 210 Å². The van der Waals surface area contributed by atoms with Gasteiger partial charge in [-0.2, -0.15) is 0 Å². The van der Waals surface area contributed by atoms with Gasteiger partial charge in [0, 0.05) is 104 Å². The van der Waals surface area contributed by atoms with Gasteiger partial charge in [0.15, 0.2) is 61.8 Å². The zero-order chi connectivity index (χ0) is 90.5. The molecule has 648 valence electrons. The Morgan fingerprint density at radius 3 is 0.953 bits per heavy atom. The number of esters is 5. The lowest BCUT2D eigenvalue weighted by Crippen LogP contribution is -2.08. The highest BCUT2D eigenvalue weighted by molar-refractivity contribution is 9.10. The second-order valence-electron chi connectivity index (χ2n) is 29.1. The molecule has 0 spiro atoms. The third-order valence-corrected chi connectivity index (χ3v) is 19.7. The number of pyridine rings is 5. The largest absolute Gasteiger partial charge is 0.454 e. The third-order valence-electron chi connectivity index (χ3n) is 19.0. The van der Waals surface area contributed by atoms with Crippen molar-refractivity contribution in [2.24, 2.45) is 0 Å². The Balaban J connectivity index is 0.000000138. The highest BCUT2D eigenvalue weighted by atomic mass is 79.9. The fourth-order valence-electron chi connectivity index (χ4n) is 12.2. The Bertz CT molecular complexity index is 6620. The summed E-state index contributed by atoms with van der Waals surface area (Å²) >= 11 is 3.47. The van der Waals surface area contributed by atoms with Crippen LogP contribution in [0.3, 0.4) is 0 Å². The molecular weight excluding hydrogens is 1710 g/mol. The molecule has 0 bridgehead atoms. The van der Waals surface area contributed by atoms with Gasteiger partial charge >= 0.3 is 29.8 Å². The predicted molar refractivity (Wildman–Crippen MR) is 480 cm³/mol.